The molecule has 0 N–H and O–H groups in total. The topological polar surface area (TPSA) is 34.1 Å². The first-order valence-corrected chi connectivity index (χ1v) is 6.74. The Morgan fingerprint density at radius 1 is 0.950 bits per heavy atom. The highest BCUT2D eigenvalue weighted by atomic mass is 16.1. The fourth-order valence-corrected chi connectivity index (χ4v) is 2.36. The summed E-state index contributed by atoms with van der Waals surface area (Å²) in [6, 6.07) is 17.0. The molecule has 2 heteroatoms. The highest BCUT2D eigenvalue weighted by Gasteiger charge is 2.21. The summed E-state index contributed by atoms with van der Waals surface area (Å²) in [4.78, 5) is 24.2. The summed E-state index contributed by atoms with van der Waals surface area (Å²) < 4.78 is 0. The lowest BCUT2D eigenvalue weighted by Gasteiger charge is -2.14. The molecule has 0 spiro atoms. The predicted octanol–water partition coefficient (Wildman–Crippen LogP) is 3.94. The summed E-state index contributed by atoms with van der Waals surface area (Å²) in [6.07, 6.45) is 0.226. The zero-order chi connectivity index (χ0) is 14.5. The van der Waals surface area contributed by atoms with Gasteiger partial charge in [0.25, 0.3) is 0 Å². The summed E-state index contributed by atoms with van der Waals surface area (Å²) >= 11 is 0. The molecule has 0 saturated carbocycles. The van der Waals surface area contributed by atoms with Crippen LogP contribution in [0.5, 0.6) is 0 Å². The maximum Gasteiger partial charge on any atom is 0.164 e. The normalized spacial score (nSPS) is 11.9. The average Bonchev–Trinajstić information content (AvgIpc) is 2.45. The first-order valence-electron chi connectivity index (χ1n) is 6.74. The summed E-state index contributed by atoms with van der Waals surface area (Å²) in [5.41, 5.74) is 2.56. The Labute approximate surface area is 119 Å². The van der Waals surface area contributed by atoms with Gasteiger partial charge in [-0.2, -0.15) is 0 Å². The van der Waals surface area contributed by atoms with Crippen LogP contribution in [-0.2, 0) is 4.79 Å². The summed E-state index contributed by atoms with van der Waals surface area (Å²) in [7, 11) is 0. The molecule has 0 heterocycles. The van der Waals surface area contributed by atoms with Gasteiger partial charge in [-0.25, -0.2) is 0 Å². The molecule has 2 aromatic rings. The summed E-state index contributed by atoms with van der Waals surface area (Å²) in [5, 5.41) is 0. The van der Waals surface area contributed by atoms with E-state index in [9.17, 15) is 9.59 Å². The van der Waals surface area contributed by atoms with Crippen LogP contribution in [0.4, 0.5) is 0 Å². The van der Waals surface area contributed by atoms with E-state index in [1.165, 1.54) is 0 Å². The Morgan fingerprint density at radius 3 is 2.15 bits per heavy atom. The summed E-state index contributed by atoms with van der Waals surface area (Å²) in [5.74, 6) is -0.311. The second-order valence-electron chi connectivity index (χ2n) is 5.02. The highest BCUT2D eigenvalue weighted by Crippen LogP contribution is 2.23. The van der Waals surface area contributed by atoms with E-state index in [1.54, 1.807) is 6.92 Å². The third kappa shape index (κ3) is 3.21. The smallest absolute Gasteiger partial charge is 0.164 e. The maximum absolute atomic E-state index is 12.4. The lowest BCUT2D eigenvalue weighted by molar-refractivity contribution is -0.118. The number of ketones is 2. The fourth-order valence-electron chi connectivity index (χ4n) is 2.36. The molecular formula is C18H18O2. The molecule has 2 nitrogen and oxygen atoms in total. The number of benzene rings is 2. The molecule has 1 atom stereocenters. The molecule has 0 fully saturated rings. The van der Waals surface area contributed by atoms with Crippen molar-refractivity contribution in [1.82, 2.24) is 0 Å². The van der Waals surface area contributed by atoms with E-state index in [4.69, 9.17) is 0 Å². The minimum atomic E-state index is -0.358. The molecule has 0 aromatic heterocycles. The van der Waals surface area contributed by atoms with Crippen LogP contribution < -0.4 is 0 Å². The van der Waals surface area contributed by atoms with E-state index in [0.29, 0.717) is 5.56 Å². The predicted molar refractivity (Wildman–Crippen MR) is 80.0 cm³/mol. The SMILES string of the molecule is CC(=O)C(CC(=O)c1ccccc1C)c1ccccc1. The van der Waals surface area contributed by atoms with Crippen LogP contribution >= 0.6 is 0 Å². The minimum Gasteiger partial charge on any atom is -0.299 e. The van der Waals surface area contributed by atoms with Crippen molar-refractivity contribution in [1.29, 1.82) is 0 Å². The molecule has 2 aromatic carbocycles. The van der Waals surface area contributed by atoms with E-state index in [0.717, 1.165) is 11.1 Å². The van der Waals surface area contributed by atoms with Crippen LogP contribution in [0.15, 0.2) is 54.6 Å². The Balaban J connectivity index is 2.24. The Hall–Kier alpha value is -2.22. The molecule has 102 valence electrons. The number of aryl methyl sites for hydroxylation is 1. The molecule has 1 unspecified atom stereocenters. The zero-order valence-corrected chi connectivity index (χ0v) is 11.8. The van der Waals surface area contributed by atoms with E-state index in [2.05, 4.69) is 0 Å². The van der Waals surface area contributed by atoms with Gasteiger partial charge in [-0.05, 0) is 25.0 Å². The molecule has 0 bridgehead atoms. The molecular weight excluding hydrogens is 248 g/mol. The van der Waals surface area contributed by atoms with Gasteiger partial charge in [0, 0.05) is 17.9 Å². The van der Waals surface area contributed by atoms with Gasteiger partial charge in [0.05, 0.1) is 0 Å². The van der Waals surface area contributed by atoms with Gasteiger partial charge in [-0.3, -0.25) is 9.59 Å². The largest absolute Gasteiger partial charge is 0.299 e. The second-order valence-corrected chi connectivity index (χ2v) is 5.02. The van der Waals surface area contributed by atoms with Gasteiger partial charge >= 0.3 is 0 Å². The van der Waals surface area contributed by atoms with E-state index in [1.807, 2.05) is 61.5 Å². The van der Waals surface area contributed by atoms with Gasteiger partial charge in [-0.15, -0.1) is 0 Å². The molecule has 0 aliphatic rings. The molecule has 20 heavy (non-hydrogen) atoms. The van der Waals surface area contributed by atoms with Crippen molar-refractivity contribution < 1.29 is 9.59 Å². The number of hydrogen-bond acceptors (Lipinski definition) is 2. The number of carbonyl (C=O) groups is 2. The molecule has 0 aliphatic heterocycles. The highest BCUT2D eigenvalue weighted by molar-refractivity contribution is 6.01. The van der Waals surface area contributed by atoms with Crippen LogP contribution in [0.3, 0.4) is 0 Å². The van der Waals surface area contributed by atoms with Gasteiger partial charge in [-0.1, -0.05) is 54.6 Å². The van der Waals surface area contributed by atoms with Gasteiger partial charge in [0.2, 0.25) is 0 Å². The Bertz CT molecular complexity index is 614. The van der Waals surface area contributed by atoms with E-state index in [-0.39, 0.29) is 23.9 Å². The van der Waals surface area contributed by atoms with Crippen molar-refractivity contribution in [3.63, 3.8) is 0 Å². The van der Waals surface area contributed by atoms with Crippen molar-refractivity contribution in [2.45, 2.75) is 26.2 Å². The lowest BCUT2D eigenvalue weighted by atomic mass is 9.88. The van der Waals surface area contributed by atoms with Crippen LogP contribution in [0.25, 0.3) is 0 Å². The van der Waals surface area contributed by atoms with Crippen molar-refractivity contribution in [2.24, 2.45) is 0 Å². The van der Waals surface area contributed by atoms with Crippen molar-refractivity contribution in [3.05, 3.63) is 71.3 Å². The monoisotopic (exact) mass is 266 g/mol. The lowest BCUT2D eigenvalue weighted by Crippen LogP contribution is -2.15. The molecule has 0 radical (unpaired) electrons. The second kappa shape index (κ2) is 6.29. The van der Waals surface area contributed by atoms with E-state index < -0.39 is 0 Å². The maximum atomic E-state index is 12.4. The number of rotatable bonds is 5. The van der Waals surface area contributed by atoms with Crippen LogP contribution in [0, 0.1) is 6.92 Å². The quantitative estimate of drug-likeness (QED) is 0.768. The van der Waals surface area contributed by atoms with Crippen LogP contribution in [0.2, 0.25) is 0 Å². The fraction of sp³-hybridized carbons (Fsp3) is 0.222. The zero-order valence-electron chi connectivity index (χ0n) is 11.8. The van der Waals surface area contributed by atoms with Crippen molar-refractivity contribution >= 4 is 11.6 Å². The van der Waals surface area contributed by atoms with Gasteiger partial charge in [0.1, 0.15) is 5.78 Å². The Kier molecular flexibility index (Phi) is 4.46. The number of Topliss-reactive ketones (excluding diaryl/α,β-unsaturated/α-hetero) is 2. The average molecular weight is 266 g/mol. The number of hydrogen-bond donors (Lipinski definition) is 0. The van der Waals surface area contributed by atoms with Crippen molar-refractivity contribution in [3.8, 4) is 0 Å². The molecule has 2 rings (SSSR count). The van der Waals surface area contributed by atoms with Gasteiger partial charge < -0.3 is 0 Å². The van der Waals surface area contributed by atoms with E-state index >= 15 is 0 Å². The third-order valence-corrected chi connectivity index (χ3v) is 3.53. The molecule has 0 saturated heterocycles. The summed E-state index contributed by atoms with van der Waals surface area (Å²) in [6.45, 7) is 3.46. The third-order valence-electron chi connectivity index (χ3n) is 3.53. The molecule has 0 aliphatic carbocycles. The van der Waals surface area contributed by atoms with Crippen LogP contribution in [-0.4, -0.2) is 11.6 Å². The van der Waals surface area contributed by atoms with Gasteiger partial charge in [0.15, 0.2) is 5.78 Å². The first-order chi connectivity index (χ1) is 9.59. The first kappa shape index (κ1) is 14.2. The van der Waals surface area contributed by atoms with Crippen LogP contribution in [0.1, 0.15) is 40.7 Å². The molecule has 0 amide bonds. The minimum absolute atomic E-state index is 0.0205. The van der Waals surface area contributed by atoms with Crippen molar-refractivity contribution in [2.75, 3.05) is 0 Å². The standard InChI is InChI=1S/C18H18O2/c1-13-8-6-7-11-16(13)18(20)12-17(14(2)19)15-9-4-3-5-10-15/h3-11,17H,12H2,1-2H3. The number of carbonyl (C=O) groups excluding carboxylic acids is 2. The Morgan fingerprint density at radius 2 is 1.55 bits per heavy atom.